The Bertz CT molecular complexity index is 515. The van der Waals surface area contributed by atoms with E-state index in [1.165, 1.54) is 6.07 Å². The molecule has 3 heteroatoms. The van der Waals surface area contributed by atoms with Gasteiger partial charge in [-0.2, -0.15) is 13.2 Å². The zero-order valence-corrected chi connectivity index (χ0v) is 11.9. The maximum atomic E-state index is 12.9. The Hall–Kier alpha value is -1.77. The summed E-state index contributed by atoms with van der Waals surface area (Å²) in [5.41, 5.74) is 0.645. The summed E-state index contributed by atoms with van der Waals surface area (Å²) >= 11 is 0. The van der Waals surface area contributed by atoms with Crippen molar-refractivity contribution in [3.05, 3.63) is 71.3 Å². The first-order valence-corrected chi connectivity index (χ1v) is 6.71. The normalized spacial score (nSPS) is 12.3. The summed E-state index contributed by atoms with van der Waals surface area (Å²) in [6.07, 6.45) is -4.31. The Balaban J connectivity index is 0.000000956. The highest BCUT2D eigenvalue weighted by Gasteiger charge is 2.34. The van der Waals surface area contributed by atoms with Crippen LogP contribution in [0.4, 0.5) is 13.2 Å². The molecule has 0 aliphatic rings. The fraction of sp³-hybridized carbons (Fsp3) is 0.294. The van der Waals surface area contributed by atoms with Gasteiger partial charge in [0.2, 0.25) is 0 Å². The molecule has 0 heterocycles. The van der Waals surface area contributed by atoms with Gasteiger partial charge in [0, 0.05) is 5.92 Å². The van der Waals surface area contributed by atoms with Crippen molar-refractivity contribution in [1.82, 2.24) is 0 Å². The Morgan fingerprint density at radius 2 is 1.30 bits per heavy atom. The number of halogens is 3. The van der Waals surface area contributed by atoms with Crippen molar-refractivity contribution in [1.29, 1.82) is 0 Å². The summed E-state index contributed by atoms with van der Waals surface area (Å²) in [6, 6.07) is 15.0. The number of benzene rings is 2. The van der Waals surface area contributed by atoms with E-state index in [2.05, 4.69) is 0 Å². The standard InChI is InChI=1S/C15H13F3.C2H6/c1-11(12-7-3-2-4-8-12)13-9-5-6-10-14(13)15(16,17)18;1-2/h2-11H,1H3;1-2H3. The van der Waals surface area contributed by atoms with Crippen LogP contribution >= 0.6 is 0 Å². The van der Waals surface area contributed by atoms with Crippen LogP contribution in [0.25, 0.3) is 0 Å². The van der Waals surface area contributed by atoms with E-state index in [9.17, 15) is 13.2 Å². The van der Waals surface area contributed by atoms with Gasteiger partial charge in [0.25, 0.3) is 0 Å². The quantitative estimate of drug-likeness (QED) is 0.644. The van der Waals surface area contributed by atoms with Crippen molar-refractivity contribution in [2.75, 3.05) is 0 Å². The summed E-state index contributed by atoms with van der Waals surface area (Å²) in [7, 11) is 0. The van der Waals surface area contributed by atoms with Crippen molar-refractivity contribution >= 4 is 0 Å². The lowest BCUT2D eigenvalue weighted by Gasteiger charge is -2.18. The first-order chi connectivity index (χ1) is 9.50. The maximum absolute atomic E-state index is 12.9. The molecule has 0 radical (unpaired) electrons. The van der Waals surface area contributed by atoms with E-state index in [1.807, 2.05) is 44.2 Å². The lowest BCUT2D eigenvalue weighted by Crippen LogP contribution is -2.11. The van der Waals surface area contributed by atoms with Crippen molar-refractivity contribution in [3.63, 3.8) is 0 Å². The summed E-state index contributed by atoms with van der Waals surface area (Å²) in [5.74, 6) is -0.274. The third-order valence-electron chi connectivity index (χ3n) is 3.03. The van der Waals surface area contributed by atoms with Gasteiger partial charge < -0.3 is 0 Å². The number of hydrogen-bond acceptors (Lipinski definition) is 0. The molecule has 0 fully saturated rings. The zero-order chi connectivity index (χ0) is 15.2. The second kappa shape index (κ2) is 7.13. The van der Waals surface area contributed by atoms with Gasteiger partial charge in [-0.05, 0) is 17.2 Å². The summed E-state index contributed by atoms with van der Waals surface area (Å²) in [6.45, 7) is 5.79. The smallest absolute Gasteiger partial charge is 0.166 e. The van der Waals surface area contributed by atoms with Crippen LogP contribution in [0, 0.1) is 0 Å². The molecule has 0 N–H and O–H groups in total. The third-order valence-corrected chi connectivity index (χ3v) is 3.03. The molecular weight excluding hydrogens is 261 g/mol. The predicted molar refractivity (Wildman–Crippen MR) is 76.8 cm³/mol. The molecule has 1 unspecified atom stereocenters. The van der Waals surface area contributed by atoms with Crippen molar-refractivity contribution in [3.8, 4) is 0 Å². The van der Waals surface area contributed by atoms with E-state index in [0.29, 0.717) is 5.56 Å². The van der Waals surface area contributed by atoms with E-state index in [0.717, 1.165) is 11.6 Å². The van der Waals surface area contributed by atoms with Crippen LogP contribution in [0.3, 0.4) is 0 Å². The average molecular weight is 280 g/mol. The van der Waals surface area contributed by atoms with Crippen LogP contribution < -0.4 is 0 Å². The second-order valence-electron chi connectivity index (χ2n) is 4.22. The predicted octanol–water partition coefficient (Wildman–Crippen LogP) is 5.88. The lowest BCUT2D eigenvalue weighted by molar-refractivity contribution is -0.138. The van der Waals surface area contributed by atoms with E-state index >= 15 is 0 Å². The largest absolute Gasteiger partial charge is 0.416 e. The highest BCUT2D eigenvalue weighted by atomic mass is 19.4. The molecule has 1 atom stereocenters. The third kappa shape index (κ3) is 3.86. The molecule has 2 aromatic carbocycles. The SMILES string of the molecule is CC.CC(c1ccccc1)c1ccccc1C(F)(F)F. The zero-order valence-electron chi connectivity index (χ0n) is 11.9. The van der Waals surface area contributed by atoms with E-state index in [4.69, 9.17) is 0 Å². The summed E-state index contributed by atoms with van der Waals surface area (Å²) < 4.78 is 38.8. The molecule has 2 aromatic rings. The average Bonchev–Trinajstić information content (AvgIpc) is 2.48. The van der Waals surface area contributed by atoms with E-state index in [-0.39, 0.29) is 5.92 Å². The second-order valence-corrected chi connectivity index (χ2v) is 4.22. The minimum Gasteiger partial charge on any atom is -0.166 e. The van der Waals surface area contributed by atoms with Gasteiger partial charge in [0.1, 0.15) is 0 Å². The van der Waals surface area contributed by atoms with Gasteiger partial charge >= 0.3 is 6.18 Å². The minimum atomic E-state index is -4.31. The fourth-order valence-electron chi connectivity index (χ4n) is 2.05. The monoisotopic (exact) mass is 280 g/mol. The lowest BCUT2D eigenvalue weighted by atomic mass is 9.89. The molecular formula is C17H19F3. The minimum absolute atomic E-state index is 0.274. The van der Waals surface area contributed by atoms with Gasteiger partial charge in [-0.1, -0.05) is 69.3 Å². The van der Waals surface area contributed by atoms with Crippen LogP contribution in [0.5, 0.6) is 0 Å². The summed E-state index contributed by atoms with van der Waals surface area (Å²) in [4.78, 5) is 0. The molecule has 20 heavy (non-hydrogen) atoms. The maximum Gasteiger partial charge on any atom is 0.416 e. The highest BCUT2D eigenvalue weighted by Crippen LogP contribution is 2.37. The van der Waals surface area contributed by atoms with Gasteiger partial charge in [-0.25, -0.2) is 0 Å². The fourth-order valence-corrected chi connectivity index (χ4v) is 2.05. The van der Waals surface area contributed by atoms with Gasteiger partial charge in [0.05, 0.1) is 5.56 Å². The van der Waals surface area contributed by atoms with Crippen molar-refractivity contribution < 1.29 is 13.2 Å². The molecule has 0 amide bonds. The molecule has 0 nitrogen and oxygen atoms in total. The Kier molecular flexibility index (Phi) is 5.81. The Morgan fingerprint density at radius 1 is 0.800 bits per heavy atom. The van der Waals surface area contributed by atoms with Crippen LogP contribution in [-0.2, 0) is 6.18 Å². The van der Waals surface area contributed by atoms with Gasteiger partial charge in [0.15, 0.2) is 0 Å². The van der Waals surface area contributed by atoms with Crippen LogP contribution in [0.2, 0.25) is 0 Å². The first-order valence-electron chi connectivity index (χ1n) is 6.71. The molecule has 0 bridgehead atoms. The van der Waals surface area contributed by atoms with Crippen LogP contribution in [0.1, 0.15) is 43.4 Å². The first kappa shape index (κ1) is 16.3. The van der Waals surface area contributed by atoms with Gasteiger partial charge in [-0.3, -0.25) is 0 Å². The summed E-state index contributed by atoms with van der Waals surface area (Å²) in [5, 5.41) is 0. The molecule has 2 rings (SSSR count). The highest BCUT2D eigenvalue weighted by molar-refractivity contribution is 5.38. The molecule has 108 valence electrons. The number of rotatable bonds is 2. The Morgan fingerprint density at radius 3 is 1.85 bits per heavy atom. The van der Waals surface area contributed by atoms with E-state index < -0.39 is 11.7 Å². The van der Waals surface area contributed by atoms with Gasteiger partial charge in [-0.15, -0.1) is 0 Å². The molecule has 0 saturated heterocycles. The van der Waals surface area contributed by atoms with E-state index in [1.54, 1.807) is 19.1 Å². The number of hydrogen-bond donors (Lipinski definition) is 0. The van der Waals surface area contributed by atoms with Crippen LogP contribution in [-0.4, -0.2) is 0 Å². The van der Waals surface area contributed by atoms with Crippen molar-refractivity contribution in [2.45, 2.75) is 32.9 Å². The van der Waals surface area contributed by atoms with Crippen LogP contribution in [0.15, 0.2) is 54.6 Å². The molecule has 0 aliphatic carbocycles. The molecule has 0 aliphatic heterocycles. The molecule has 0 saturated carbocycles. The topological polar surface area (TPSA) is 0 Å². The molecule has 0 aromatic heterocycles. The van der Waals surface area contributed by atoms with Crippen molar-refractivity contribution in [2.24, 2.45) is 0 Å². The molecule has 0 spiro atoms. The number of alkyl halides is 3. The Labute approximate surface area is 118 Å².